The van der Waals surface area contributed by atoms with E-state index in [2.05, 4.69) is 25.6 Å². The van der Waals surface area contributed by atoms with E-state index < -0.39 is 0 Å². The Labute approximate surface area is 161 Å². The third-order valence-electron chi connectivity index (χ3n) is 4.44. The number of nitrogens with zero attached hydrogens (tertiary/aromatic N) is 4. The molecule has 8 heteroatoms. The third kappa shape index (κ3) is 4.01. The third-order valence-corrected chi connectivity index (χ3v) is 4.44. The van der Waals surface area contributed by atoms with Crippen LogP contribution in [-0.2, 0) is 6.54 Å². The van der Waals surface area contributed by atoms with Crippen molar-refractivity contribution in [2.45, 2.75) is 25.9 Å². The van der Waals surface area contributed by atoms with Gasteiger partial charge in [0.1, 0.15) is 24.1 Å². The fourth-order valence-corrected chi connectivity index (χ4v) is 2.99. The number of aryl methyl sites for hydroxylation is 2. The molecule has 0 saturated carbocycles. The number of benzene rings is 1. The van der Waals surface area contributed by atoms with Crippen LogP contribution in [0.25, 0.3) is 11.5 Å². The molecule has 142 valence electrons. The molecule has 4 aromatic rings. The van der Waals surface area contributed by atoms with E-state index in [1.807, 2.05) is 49.4 Å². The van der Waals surface area contributed by atoms with Crippen molar-refractivity contribution >= 4 is 5.91 Å². The Morgan fingerprint density at radius 2 is 2.11 bits per heavy atom. The molecule has 2 N–H and O–H groups in total. The molecule has 1 atom stereocenters. The first kappa shape index (κ1) is 17.7. The minimum absolute atomic E-state index is 0.177. The van der Waals surface area contributed by atoms with E-state index in [0.29, 0.717) is 30.1 Å². The van der Waals surface area contributed by atoms with Gasteiger partial charge < -0.3 is 9.73 Å². The van der Waals surface area contributed by atoms with Crippen molar-refractivity contribution in [2.75, 3.05) is 0 Å². The molecule has 0 aliphatic heterocycles. The molecule has 4 rings (SSSR count). The van der Waals surface area contributed by atoms with Crippen molar-refractivity contribution in [3.05, 3.63) is 78.2 Å². The molecule has 3 aromatic heterocycles. The first-order valence-corrected chi connectivity index (χ1v) is 8.99. The van der Waals surface area contributed by atoms with Crippen molar-refractivity contribution in [3.8, 4) is 11.5 Å². The first-order valence-electron chi connectivity index (χ1n) is 8.99. The summed E-state index contributed by atoms with van der Waals surface area (Å²) in [6.07, 6.45) is 3.83. The monoisotopic (exact) mass is 376 g/mol. The second kappa shape index (κ2) is 7.91. The Morgan fingerprint density at radius 3 is 2.82 bits per heavy atom. The molecule has 0 aliphatic carbocycles. The molecule has 0 bridgehead atoms. The van der Waals surface area contributed by atoms with Crippen molar-refractivity contribution in [2.24, 2.45) is 0 Å². The number of hydrogen-bond donors (Lipinski definition) is 2. The summed E-state index contributed by atoms with van der Waals surface area (Å²) in [5.74, 6) is 1.20. The van der Waals surface area contributed by atoms with E-state index >= 15 is 0 Å². The molecule has 0 spiro atoms. The van der Waals surface area contributed by atoms with Gasteiger partial charge in [-0.25, -0.2) is 4.98 Å². The number of furan rings is 1. The highest BCUT2D eigenvalue weighted by molar-refractivity contribution is 5.93. The van der Waals surface area contributed by atoms with E-state index in [9.17, 15) is 4.79 Å². The number of rotatable bonds is 7. The predicted molar refractivity (Wildman–Crippen MR) is 102 cm³/mol. The van der Waals surface area contributed by atoms with Crippen LogP contribution < -0.4 is 5.32 Å². The number of nitrogens with one attached hydrogen (secondary N) is 2. The molecule has 0 unspecified atom stereocenters. The second-order valence-electron chi connectivity index (χ2n) is 6.46. The van der Waals surface area contributed by atoms with Gasteiger partial charge in [-0.2, -0.15) is 10.2 Å². The fraction of sp³-hybridized carbons (Fsp3) is 0.200. The summed E-state index contributed by atoms with van der Waals surface area (Å²) < 4.78 is 7.32. The highest BCUT2D eigenvalue weighted by atomic mass is 16.3. The van der Waals surface area contributed by atoms with Crippen molar-refractivity contribution in [3.63, 3.8) is 0 Å². The minimum atomic E-state index is -0.252. The maximum absolute atomic E-state index is 12.8. The molecule has 0 fully saturated rings. The quantitative estimate of drug-likeness (QED) is 0.516. The Bertz CT molecular complexity index is 1040. The van der Waals surface area contributed by atoms with Crippen molar-refractivity contribution in [1.29, 1.82) is 0 Å². The maximum Gasteiger partial charge on any atom is 0.272 e. The second-order valence-corrected chi connectivity index (χ2v) is 6.46. The molecule has 8 nitrogen and oxygen atoms in total. The highest BCUT2D eigenvalue weighted by Gasteiger charge is 2.19. The normalized spacial score (nSPS) is 12.0. The molecule has 28 heavy (non-hydrogen) atoms. The summed E-state index contributed by atoms with van der Waals surface area (Å²) in [5.41, 5.74) is 2.00. The van der Waals surface area contributed by atoms with E-state index in [-0.39, 0.29) is 11.9 Å². The van der Waals surface area contributed by atoms with Crippen molar-refractivity contribution in [1.82, 2.24) is 30.3 Å². The van der Waals surface area contributed by atoms with Crippen LogP contribution in [-0.4, -0.2) is 30.9 Å². The molecule has 1 aromatic carbocycles. The zero-order chi connectivity index (χ0) is 19.3. The lowest BCUT2D eigenvalue weighted by atomic mass is 10.0. The first-order chi connectivity index (χ1) is 13.7. The molecule has 0 aliphatic rings. The number of H-pyrrole nitrogens is 1. The Morgan fingerprint density at radius 1 is 1.25 bits per heavy atom. The number of carbonyl (C=O) groups excluding carboxylic acids is 1. The SMILES string of the molecule is Cc1ccc(-c2cc(C(=O)N[C@@H](CCn3cncn3)c3ccccc3)n[nH]2)o1. The largest absolute Gasteiger partial charge is 0.460 e. The summed E-state index contributed by atoms with van der Waals surface area (Å²) in [6.45, 7) is 2.50. The lowest BCUT2D eigenvalue weighted by Gasteiger charge is -2.18. The van der Waals surface area contributed by atoms with Crippen LogP contribution in [0.3, 0.4) is 0 Å². The summed E-state index contributed by atoms with van der Waals surface area (Å²) >= 11 is 0. The van der Waals surface area contributed by atoms with Crippen molar-refractivity contribution < 1.29 is 9.21 Å². The average molecular weight is 376 g/mol. The molecule has 0 radical (unpaired) electrons. The van der Waals surface area contributed by atoms with Crippen LogP contribution in [0.5, 0.6) is 0 Å². The van der Waals surface area contributed by atoms with Gasteiger partial charge in [-0.1, -0.05) is 30.3 Å². The van der Waals surface area contributed by atoms with Gasteiger partial charge in [-0.05, 0) is 31.0 Å². The van der Waals surface area contributed by atoms with E-state index in [4.69, 9.17) is 4.42 Å². The Hall–Kier alpha value is -3.68. The van der Waals surface area contributed by atoms with E-state index in [0.717, 1.165) is 11.3 Å². The van der Waals surface area contributed by atoms with Crippen LogP contribution in [0, 0.1) is 6.92 Å². The van der Waals surface area contributed by atoms with E-state index in [1.165, 1.54) is 6.33 Å². The fourth-order valence-electron chi connectivity index (χ4n) is 2.99. The number of hydrogen-bond acceptors (Lipinski definition) is 5. The van der Waals surface area contributed by atoms with Gasteiger partial charge in [0.05, 0.1) is 6.04 Å². The highest BCUT2D eigenvalue weighted by Crippen LogP contribution is 2.22. The smallest absolute Gasteiger partial charge is 0.272 e. The van der Waals surface area contributed by atoms with Gasteiger partial charge in [0.15, 0.2) is 11.5 Å². The Balaban J connectivity index is 1.49. The van der Waals surface area contributed by atoms with Gasteiger partial charge in [0.25, 0.3) is 5.91 Å². The molecular formula is C20H20N6O2. The summed E-state index contributed by atoms with van der Waals surface area (Å²) in [5, 5.41) is 14.2. The Kier molecular flexibility index (Phi) is 5.01. The maximum atomic E-state index is 12.8. The summed E-state index contributed by atoms with van der Waals surface area (Å²) in [4.78, 5) is 16.7. The number of carbonyl (C=O) groups is 1. The summed E-state index contributed by atoms with van der Waals surface area (Å²) in [6, 6.07) is 15.1. The van der Waals surface area contributed by atoms with Gasteiger partial charge in [-0.3, -0.25) is 14.6 Å². The van der Waals surface area contributed by atoms with E-state index in [1.54, 1.807) is 17.1 Å². The predicted octanol–water partition coefficient (Wildman–Crippen LogP) is 3.13. The van der Waals surface area contributed by atoms with Crippen LogP contribution in [0.2, 0.25) is 0 Å². The minimum Gasteiger partial charge on any atom is -0.460 e. The molecule has 1 amide bonds. The molecule has 3 heterocycles. The zero-order valence-electron chi connectivity index (χ0n) is 15.4. The topological polar surface area (TPSA) is 102 Å². The number of aromatic amines is 1. The van der Waals surface area contributed by atoms with Crippen LogP contribution >= 0.6 is 0 Å². The summed E-state index contributed by atoms with van der Waals surface area (Å²) in [7, 11) is 0. The average Bonchev–Trinajstić information content (AvgIpc) is 3.47. The van der Waals surface area contributed by atoms with Gasteiger partial charge in [-0.15, -0.1) is 0 Å². The number of aromatic nitrogens is 5. The van der Waals surface area contributed by atoms with Crippen LogP contribution in [0.4, 0.5) is 0 Å². The van der Waals surface area contributed by atoms with Crippen LogP contribution in [0.15, 0.2) is 65.6 Å². The zero-order valence-corrected chi connectivity index (χ0v) is 15.4. The lowest BCUT2D eigenvalue weighted by molar-refractivity contribution is 0.0928. The lowest BCUT2D eigenvalue weighted by Crippen LogP contribution is -2.29. The molecule has 0 saturated heterocycles. The van der Waals surface area contributed by atoms with Gasteiger partial charge in [0.2, 0.25) is 0 Å². The molecular weight excluding hydrogens is 356 g/mol. The number of amides is 1. The standard InChI is InChI=1S/C20H20N6O2/c1-14-7-8-19(28-14)17-11-18(25-24-17)20(27)23-16(15-5-3-2-4-6-15)9-10-26-13-21-12-22-26/h2-8,11-13,16H,9-10H2,1H3,(H,23,27)(H,24,25)/t16-/m0/s1. The van der Waals surface area contributed by atoms with Gasteiger partial charge >= 0.3 is 0 Å². The van der Waals surface area contributed by atoms with Gasteiger partial charge in [0, 0.05) is 12.6 Å². The van der Waals surface area contributed by atoms with Crippen LogP contribution in [0.1, 0.15) is 34.3 Å².